The fraction of sp³-hybridized carbons (Fsp3) is 0.522. The molecule has 1 aromatic carbocycles. The number of carbonyl (C=O) groups excluding carboxylic acids is 1. The van der Waals surface area contributed by atoms with Crippen LogP contribution in [0.4, 0.5) is 4.39 Å². The molecule has 29 heavy (non-hydrogen) atoms. The van der Waals surface area contributed by atoms with Crippen LogP contribution in [0.15, 0.2) is 28.7 Å². The lowest BCUT2D eigenvalue weighted by molar-refractivity contribution is 0.0937. The van der Waals surface area contributed by atoms with E-state index >= 15 is 0 Å². The Morgan fingerprint density at radius 2 is 2.07 bits per heavy atom. The molecule has 0 bridgehead atoms. The Morgan fingerprint density at radius 3 is 2.83 bits per heavy atom. The molecular formula is C23H30FN3O2. The maximum absolute atomic E-state index is 13.2. The third kappa shape index (κ3) is 4.38. The van der Waals surface area contributed by atoms with Gasteiger partial charge in [0.15, 0.2) is 0 Å². The van der Waals surface area contributed by atoms with Gasteiger partial charge in [0, 0.05) is 44.2 Å². The number of fused-ring (bicyclic) bond motifs is 1. The van der Waals surface area contributed by atoms with E-state index in [2.05, 4.69) is 22.0 Å². The Bertz CT molecular complexity index is 862. The molecular weight excluding hydrogens is 369 g/mol. The van der Waals surface area contributed by atoms with E-state index in [1.165, 1.54) is 18.6 Å². The van der Waals surface area contributed by atoms with Gasteiger partial charge in [-0.15, -0.1) is 0 Å². The number of nitrogens with zero attached hydrogens (tertiary/aromatic N) is 2. The molecule has 0 unspecified atom stereocenters. The summed E-state index contributed by atoms with van der Waals surface area (Å²) in [5.74, 6) is 1.39. The summed E-state index contributed by atoms with van der Waals surface area (Å²) in [6.07, 6.45) is 3.13. The van der Waals surface area contributed by atoms with E-state index in [-0.39, 0.29) is 11.7 Å². The lowest BCUT2D eigenvalue weighted by Crippen LogP contribution is -2.40. The lowest BCUT2D eigenvalue weighted by Gasteiger charge is -2.27. The van der Waals surface area contributed by atoms with Crippen LogP contribution in [0.2, 0.25) is 0 Å². The Labute approximate surface area is 171 Å². The van der Waals surface area contributed by atoms with E-state index < -0.39 is 0 Å². The number of halogens is 1. The summed E-state index contributed by atoms with van der Waals surface area (Å²) >= 11 is 0. The van der Waals surface area contributed by atoms with E-state index in [0.717, 1.165) is 55.9 Å². The number of furan rings is 1. The predicted octanol–water partition coefficient (Wildman–Crippen LogP) is 3.50. The lowest BCUT2D eigenvalue weighted by atomic mass is 10.0. The first-order valence-electron chi connectivity index (χ1n) is 10.6. The monoisotopic (exact) mass is 399 g/mol. The van der Waals surface area contributed by atoms with Crippen molar-refractivity contribution >= 4 is 5.91 Å². The maximum Gasteiger partial charge on any atom is 0.255 e. The summed E-state index contributed by atoms with van der Waals surface area (Å²) < 4.78 is 19.1. The second-order valence-electron chi connectivity index (χ2n) is 8.16. The predicted molar refractivity (Wildman–Crippen MR) is 110 cm³/mol. The molecule has 0 aliphatic carbocycles. The first-order chi connectivity index (χ1) is 14.0. The molecule has 5 nitrogen and oxygen atoms in total. The smallest absolute Gasteiger partial charge is 0.255 e. The molecule has 1 N–H and O–H groups in total. The van der Waals surface area contributed by atoms with Gasteiger partial charge in [0.05, 0.1) is 5.56 Å². The normalized spacial score (nSPS) is 20.0. The molecule has 1 saturated heterocycles. The average Bonchev–Trinajstić information content (AvgIpc) is 3.30. The number of nitrogens with one attached hydrogen (secondary N) is 1. The topological polar surface area (TPSA) is 48.7 Å². The number of likely N-dealkylation sites (N-methyl/N-ethyl adjacent to an activating group) is 1. The zero-order valence-electron chi connectivity index (χ0n) is 17.3. The number of aryl methyl sites for hydroxylation is 1. The largest absolute Gasteiger partial charge is 0.465 e. The van der Waals surface area contributed by atoms with E-state index in [0.29, 0.717) is 30.5 Å². The van der Waals surface area contributed by atoms with Crippen molar-refractivity contribution in [2.45, 2.75) is 52.2 Å². The van der Waals surface area contributed by atoms with Gasteiger partial charge in [0.25, 0.3) is 5.91 Å². The van der Waals surface area contributed by atoms with Gasteiger partial charge in [-0.05, 0) is 50.6 Å². The van der Waals surface area contributed by atoms with Gasteiger partial charge in [-0.1, -0.05) is 19.1 Å². The van der Waals surface area contributed by atoms with Gasteiger partial charge >= 0.3 is 0 Å². The zero-order chi connectivity index (χ0) is 20.4. The Morgan fingerprint density at radius 1 is 1.28 bits per heavy atom. The van der Waals surface area contributed by atoms with Gasteiger partial charge in [-0.2, -0.15) is 0 Å². The molecule has 1 aromatic heterocycles. The Kier molecular flexibility index (Phi) is 6.01. The van der Waals surface area contributed by atoms with Crippen LogP contribution in [0.3, 0.4) is 0 Å². The summed E-state index contributed by atoms with van der Waals surface area (Å²) in [4.78, 5) is 17.7. The third-order valence-corrected chi connectivity index (χ3v) is 6.25. The zero-order valence-corrected chi connectivity index (χ0v) is 17.3. The highest BCUT2D eigenvalue weighted by molar-refractivity contribution is 5.97. The summed E-state index contributed by atoms with van der Waals surface area (Å²) in [7, 11) is 0. The SMILES string of the molecule is CCN1CCC[C@H]1CNC(=O)c1c(C)oc2c1CN(Cc1ccc(F)cc1)CC2. The highest BCUT2D eigenvalue weighted by atomic mass is 19.1. The second kappa shape index (κ2) is 8.67. The van der Waals surface area contributed by atoms with Gasteiger partial charge < -0.3 is 9.73 Å². The van der Waals surface area contributed by atoms with Crippen LogP contribution in [0.5, 0.6) is 0 Å². The first kappa shape index (κ1) is 20.1. The quantitative estimate of drug-likeness (QED) is 0.808. The molecule has 4 rings (SSSR count). The van der Waals surface area contributed by atoms with Crippen molar-refractivity contribution in [3.63, 3.8) is 0 Å². The van der Waals surface area contributed by atoms with Gasteiger partial charge in [0.1, 0.15) is 17.3 Å². The van der Waals surface area contributed by atoms with Crippen LogP contribution in [-0.4, -0.2) is 47.9 Å². The van der Waals surface area contributed by atoms with Crippen molar-refractivity contribution in [3.8, 4) is 0 Å². The molecule has 2 aliphatic rings. The number of rotatable bonds is 6. The summed E-state index contributed by atoms with van der Waals surface area (Å²) in [5.41, 5.74) is 2.78. The van der Waals surface area contributed by atoms with Crippen LogP contribution < -0.4 is 5.32 Å². The molecule has 2 aromatic rings. The molecule has 0 saturated carbocycles. The molecule has 3 heterocycles. The third-order valence-electron chi connectivity index (χ3n) is 6.25. The van der Waals surface area contributed by atoms with E-state index in [4.69, 9.17) is 4.42 Å². The average molecular weight is 400 g/mol. The maximum atomic E-state index is 13.2. The number of amides is 1. The first-order valence-corrected chi connectivity index (χ1v) is 10.6. The summed E-state index contributed by atoms with van der Waals surface area (Å²) in [6.45, 7) is 9.17. The Hall–Kier alpha value is -2.18. The number of likely N-dealkylation sites (tertiary alicyclic amines) is 1. The molecule has 6 heteroatoms. The number of hydrogen-bond acceptors (Lipinski definition) is 4. The highest BCUT2D eigenvalue weighted by Gasteiger charge is 2.29. The Balaban J connectivity index is 1.43. The van der Waals surface area contributed by atoms with E-state index in [1.807, 2.05) is 19.1 Å². The van der Waals surface area contributed by atoms with Crippen molar-refractivity contribution in [1.29, 1.82) is 0 Å². The standard InChI is InChI=1S/C23H30FN3O2/c1-3-27-11-4-5-19(27)13-25-23(28)22-16(2)29-21-10-12-26(15-20(21)22)14-17-6-8-18(24)9-7-17/h6-9,19H,3-5,10-15H2,1-2H3,(H,25,28)/t19-/m0/s1. The van der Waals surface area contributed by atoms with Crippen molar-refractivity contribution < 1.29 is 13.6 Å². The molecule has 156 valence electrons. The van der Waals surface area contributed by atoms with Gasteiger partial charge in [-0.25, -0.2) is 4.39 Å². The van der Waals surface area contributed by atoms with Crippen molar-refractivity contribution in [2.24, 2.45) is 0 Å². The minimum absolute atomic E-state index is 0.0286. The summed E-state index contributed by atoms with van der Waals surface area (Å²) in [5, 5.41) is 3.15. The minimum Gasteiger partial charge on any atom is -0.465 e. The van der Waals surface area contributed by atoms with Crippen LogP contribution >= 0.6 is 0 Å². The van der Waals surface area contributed by atoms with Crippen LogP contribution in [-0.2, 0) is 19.5 Å². The van der Waals surface area contributed by atoms with Crippen molar-refractivity contribution in [2.75, 3.05) is 26.2 Å². The van der Waals surface area contributed by atoms with E-state index in [9.17, 15) is 9.18 Å². The van der Waals surface area contributed by atoms with Crippen LogP contribution in [0, 0.1) is 12.7 Å². The molecule has 1 atom stereocenters. The fourth-order valence-electron chi connectivity index (χ4n) is 4.70. The molecule has 0 radical (unpaired) electrons. The second-order valence-corrected chi connectivity index (χ2v) is 8.16. The summed E-state index contributed by atoms with van der Waals surface area (Å²) in [6, 6.07) is 7.06. The van der Waals surface area contributed by atoms with Crippen molar-refractivity contribution in [3.05, 3.63) is 58.3 Å². The molecule has 1 amide bonds. The minimum atomic E-state index is -0.219. The van der Waals surface area contributed by atoms with Gasteiger partial charge in [0.2, 0.25) is 0 Å². The molecule has 2 aliphatic heterocycles. The van der Waals surface area contributed by atoms with Crippen LogP contribution in [0.1, 0.15) is 52.8 Å². The number of carbonyl (C=O) groups is 1. The van der Waals surface area contributed by atoms with Crippen molar-refractivity contribution in [1.82, 2.24) is 15.1 Å². The highest BCUT2D eigenvalue weighted by Crippen LogP contribution is 2.29. The van der Waals surface area contributed by atoms with Crippen LogP contribution in [0.25, 0.3) is 0 Å². The molecule has 0 spiro atoms. The molecule has 1 fully saturated rings. The van der Waals surface area contributed by atoms with E-state index in [1.54, 1.807) is 0 Å². The van der Waals surface area contributed by atoms with Gasteiger partial charge in [-0.3, -0.25) is 14.6 Å². The number of hydrogen-bond donors (Lipinski definition) is 1. The fourth-order valence-corrected chi connectivity index (χ4v) is 4.70. The number of benzene rings is 1.